The summed E-state index contributed by atoms with van der Waals surface area (Å²) >= 11 is 0. The molecule has 2 N–H and O–H groups in total. The zero-order chi connectivity index (χ0) is 18.9. The number of benzene rings is 2. The van der Waals surface area contributed by atoms with Crippen LogP contribution in [0.2, 0.25) is 0 Å². The monoisotopic (exact) mass is 365 g/mol. The number of phenols is 2. The van der Waals surface area contributed by atoms with E-state index in [2.05, 4.69) is 4.90 Å². The molecule has 27 heavy (non-hydrogen) atoms. The number of carbonyl (C=O) groups is 1. The van der Waals surface area contributed by atoms with Crippen molar-refractivity contribution in [3.05, 3.63) is 47.7 Å². The molecule has 1 unspecified atom stereocenters. The fourth-order valence-electron chi connectivity index (χ4n) is 4.42. The van der Waals surface area contributed by atoms with E-state index >= 15 is 0 Å². The number of ether oxygens (including phenoxy) is 1. The maximum Gasteiger partial charge on any atom is 0.257 e. The topological polar surface area (TPSA) is 78.2 Å². The summed E-state index contributed by atoms with van der Waals surface area (Å²) in [6.07, 6.45) is -0.277. The predicted molar refractivity (Wildman–Crippen MR) is 100 cm³/mol. The van der Waals surface area contributed by atoms with Gasteiger partial charge in [0.05, 0.1) is 29.6 Å². The van der Waals surface area contributed by atoms with E-state index in [0.29, 0.717) is 29.6 Å². The molecule has 7 heteroatoms. The molecule has 2 aromatic carbocycles. The second-order valence-electron chi connectivity index (χ2n) is 6.94. The van der Waals surface area contributed by atoms with Crippen molar-refractivity contribution in [1.29, 1.82) is 0 Å². The Labute approximate surface area is 155 Å². The number of hydrogen-bond acceptors (Lipinski definition) is 5. The summed E-state index contributed by atoms with van der Waals surface area (Å²) in [6.45, 7) is 1.08. The smallest absolute Gasteiger partial charge is 0.257 e. The lowest BCUT2D eigenvalue weighted by Crippen LogP contribution is -2.52. The van der Waals surface area contributed by atoms with Crippen molar-refractivity contribution >= 4 is 22.5 Å². The molecule has 0 radical (unpaired) electrons. The Hall–Kier alpha value is -3.35. The van der Waals surface area contributed by atoms with Gasteiger partial charge in [-0.05, 0) is 24.3 Å². The second kappa shape index (κ2) is 5.33. The lowest BCUT2D eigenvalue weighted by Gasteiger charge is -2.46. The quantitative estimate of drug-likeness (QED) is 0.693. The fraction of sp³-hybridized carbons (Fsp3) is 0.250. The number of fused-ring (bicyclic) bond motifs is 6. The third-order valence-electron chi connectivity index (χ3n) is 5.59. The summed E-state index contributed by atoms with van der Waals surface area (Å²) in [7, 11) is 3.38. The van der Waals surface area contributed by atoms with Crippen molar-refractivity contribution in [2.45, 2.75) is 12.7 Å². The van der Waals surface area contributed by atoms with Gasteiger partial charge in [0.25, 0.3) is 5.91 Å². The van der Waals surface area contributed by atoms with Crippen molar-refractivity contribution in [1.82, 2.24) is 9.47 Å². The Morgan fingerprint density at radius 3 is 2.70 bits per heavy atom. The Kier molecular flexibility index (Phi) is 3.13. The molecule has 1 amide bonds. The molecule has 0 aliphatic carbocycles. The number of aromatic hydroxyl groups is 2. The van der Waals surface area contributed by atoms with E-state index < -0.39 is 0 Å². The average Bonchev–Trinajstić information content (AvgIpc) is 3.04. The van der Waals surface area contributed by atoms with Crippen LogP contribution in [0.4, 0.5) is 5.69 Å². The van der Waals surface area contributed by atoms with Gasteiger partial charge in [-0.2, -0.15) is 0 Å². The van der Waals surface area contributed by atoms with Gasteiger partial charge in [0.1, 0.15) is 6.17 Å². The fourth-order valence-corrected chi connectivity index (χ4v) is 4.42. The van der Waals surface area contributed by atoms with Crippen molar-refractivity contribution in [3.8, 4) is 17.2 Å². The number of aromatic nitrogens is 1. The Morgan fingerprint density at radius 2 is 1.93 bits per heavy atom. The van der Waals surface area contributed by atoms with Gasteiger partial charge < -0.3 is 29.3 Å². The molecule has 0 saturated heterocycles. The standard InChI is InChI=1S/C20H19N3O4/c1-21-13-6-4-3-5-12(13)20(26)23-8-7-22-14(19(21)23)9-11-10-15(24)18(27-2)17(25)16(11)22/h3-6,9-10,19,24-25H,7-8H2,1-2H3. The third-order valence-corrected chi connectivity index (χ3v) is 5.59. The zero-order valence-electron chi connectivity index (χ0n) is 15.0. The van der Waals surface area contributed by atoms with Gasteiger partial charge in [-0.15, -0.1) is 0 Å². The molecule has 7 nitrogen and oxygen atoms in total. The minimum atomic E-state index is -0.277. The largest absolute Gasteiger partial charge is 0.504 e. The molecular weight excluding hydrogens is 346 g/mol. The van der Waals surface area contributed by atoms with E-state index in [9.17, 15) is 15.0 Å². The van der Waals surface area contributed by atoms with Gasteiger partial charge in [0.2, 0.25) is 5.75 Å². The number of phenolic OH excluding ortho intramolecular Hbond substituents is 2. The maximum atomic E-state index is 13.0. The molecule has 1 aromatic heterocycles. The summed E-state index contributed by atoms with van der Waals surface area (Å²) in [5.41, 5.74) is 3.08. The molecule has 5 rings (SSSR count). The Balaban J connectivity index is 1.75. The molecule has 138 valence electrons. The summed E-state index contributed by atoms with van der Waals surface area (Å²) in [5.74, 6) is -0.128. The highest BCUT2D eigenvalue weighted by molar-refractivity contribution is 6.02. The van der Waals surface area contributed by atoms with Crippen molar-refractivity contribution < 1.29 is 19.7 Å². The number of rotatable bonds is 1. The molecule has 0 spiro atoms. The molecule has 3 aromatic rings. The molecule has 0 fully saturated rings. The van der Waals surface area contributed by atoms with E-state index in [1.165, 1.54) is 7.11 Å². The van der Waals surface area contributed by atoms with Gasteiger partial charge >= 0.3 is 0 Å². The molecule has 1 atom stereocenters. The van der Waals surface area contributed by atoms with Gasteiger partial charge in [-0.3, -0.25) is 4.79 Å². The summed E-state index contributed by atoms with van der Waals surface area (Å²) < 4.78 is 7.15. The lowest BCUT2D eigenvalue weighted by atomic mass is 10.0. The van der Waals surface area contributed by atoms with E-state index in [0.717, 1.165) is 11.4 Å². The van der Waals surface area contributed by atoms with Crippen LogP contribution in [-0.2, 0) is 6.54 Å². The van der Waals surface area contributed by atoms with Gasteiger partial charge in [-0.1, -0.05) is 12.1 Å². The van der Waals surface area contributed by atoms with Crippen molar-refractivity contribution in [2.75, 3.05) is 25.6 Å². The molecule has 0 saturated carbocycles. The second-order valence-corrected chi connectivity index (χ2v) is 6.94. The average molecular weight is 365 g/mol. The number of para-hydroxylation sites is 1. The summed E-state index contributed by atoms with van der Waals surface area (Å²) in [4.78, 5) is 17.0. The first-order valence-corrected chi connectivity index (χ1v) is 8.77. The first-order chi connectivity index (χ1) is 13.0. The highest BCUT2D eigenvalue weighted by Gasteiger charge is 2.41. The molecule has 2 aliphatic heterocycles. The van der Waals surface area contributed by atoms with Crippen LogP contribution in [0.1, 0.15) is 22.2 Å². The van der Waals surface area contributed by atoms with Crippen molar-refractivity contribution in [2.24, 2.45) is 0 Å². The molecular formula is C20H19N3O4. The summed E-state index contributed by atoms with van der Waals surface area (Å²) in [5, 5.41) is 21.5. The van der Waals surface area contributed by atoms with E-state index in [-0.39, 0.29) is 29.3 Å². The van der Waals surface area contributed by atoms with Crippen LogP contribution in [0, 0.1) is 0 Å². The van der Waals surface area contributed by atoms with Crippen LogP contribution in [0.5, 0.6) is 17.2 Å². The third kappa shape index (κ3) is 1.94. The molecule has 3 heterocycles. The number of nitrogens with zero attached hydrogens (tertiary/aromatic N) is 3. The number of carbonyl (C=O) groups excluding carboxylic acids is 1. The molecule has 0 bridgehead atoms. The highest BCUT2D eigenvalue weighted by atomic mass is 16.5. The normalized spacial score (nSPS) is 18.3. The number of methoxy groups -OCH3 is 1. The highest BCUT2D eigenvalue weighted by Crippen LogP contribution is 2.47. The number of amides is 1. The zero-order valence-corrected chi connectivity index (χ0v) is 15.0. The van der Waals surface area contributed by atoms with E-state index in [4.69, 9.17) is 4.74 Å². The Morgan fingerprint density at radius 1 is 1.15 bits per heavy atom. The SMILES string of the molecule is COc1c(O)cc2cc3n(c2c1O)CCN1C(=O)c2ccccc2N(C)C31. The lowest BCUT2D eigenvalue weighted by molar-refractivity contribution is 0.0602. The number of anilines is 1. The van der Waals surface area contributed by atoms with Crippen molar-refractivity contribution in [3.63, 3.8) is 0 Å². The van der Waals surface area contributed by atoms with E-state index in [1.54, 1.807) is 6.07 Å². The van der Waals surface area contributed by atoms with Gasteiger partial charge in [-0.25, -0.2) is 0 Å². The minimum Gasteiger partial charge on any atom is -0.504 e. The van der Waals surface area contributed by atoms with Crippen LogP contribution in [0.15, 0.2) is 36.4 Å². The van der Waals surface area contributed by atoms with Crippen LogP contribution in [0.25, 0.3) is 10.9 Å². The van der Waals surface area contributed by atoms with Crippen LogP contribution in [-0.4, -0.2) is 46.3 Å². The predicted octanol–water partition coefficient (Wildman–Crippen LogP) is 2.67. The van der Waals surface area contributed by atoms with Gasteiger partial charge in [0, 0.05) is 25.5 Å². The van der Waals surface area contributed by atoms with Crippen LogP contribution in [0.3, 0.4) is 0 Å². The first-order valence-electron chi connectivity index (χ1n) is 8.77. The first kappa shape index (κ1) is 15.9. The van der Waals surface area contributed by atoms with Crippen LogP contribution < -0.4 is 9.64 Å². The van der Waals surface area contributed by atoms with Gasteiger partial charge in [0.15, 0.2) is 11.5 Å². The summed E-state index contributed by atoms with van der Waals surface area (Å²) in [6, 6.07) is 11.1. The number of hydrogen-bond donors (Lipinski definition) is 2. The minimum absolute atomic E-state index is 0.00913. The maximum absolute atomic E-state index is 13.0. The Bertz CT molecular complexity index is 1100. The van der Waals surface area contributed by atoms with E-state index in [1.807, 2.05) is 46.8 Å². The van der Waals surface area contributed by atoms with Crippen LogP contribution >= 0.6 is 0 Å². The molecule has 2 aliphatic rings.